The van der Waals surface area contributed by atoms with Crippen LogP contribution < -0.4 is 15.4 Å². The van der Waals surface area contributed by atoms with Crippen molar-refractivity contribution < 1.29 is 14.3 Å². The lowest BCUT2D eigenvalue weighted by atomic mass is 10.2. The molecule has 0 heterocycles. The molecule has 1 rings (SSSR count). The van der Waals surface area contributed by atoms with Gasteiger partial charge in [0, 0.05) is 19.3 Å². The van der Waals surface area contributed by atoms with Crippen LogP contribution in [0, 0.1) is 6.92 Å². The molecule has 0 unspecified atom stereocenters. The van der Waals surface area contributed by atoms with E-state index in [9.17, 15) is 4.79 Å². The first-order chi connectivity index (χ1) is 8.67. The van der Waals surface area contributed by atoms with Crippen molar-refractivity contribution in [2.45, 2.75) is 6.92 Å². The highest BCUT2D eigenvalue weighted by atomic mass is 16.5. The number of anilines is 1. The first-order valence-corrected chi connectivity index (χ1v) is 5.81. The second kappa shape index (κ2) is 7.55. The Kier molecular flexibility index (Phi) is 6.00. The van der Waals surface area contributed by atoms with Gasteiger partial charge < -0.3 is 20.1 Å². The van der Waals surface area contributed by atoms with Gasteiger partial charge in [-0.05, 0) is 30.7 Å². The molecule has 0 bridgehead atoms. The molecular weight excluding hydrogens is 232 g/mol. The molecule has 1 aromatic rings. The molecule has 5 nitrogen and oxygen atoms in total. The van der Waals surface area contributed by atoms with E-state index in [1.165, 1.54) is 0 Å². The summed E-state index contributed by atoms with van der Waals surface area (Å²) in [6.45, 7) is 3.25. The summed E-state index contributed by atoms with van der Waals surface area (Å²) in [6, 6.07) is 5.70. The molecule has 0 radical (unpaired) electrons. The maximum absolute atomic E-state index is 11.4. The van der Waals surface area contributed by atoms with E-state index in [0.29, 0.717) is 13.2 Å². The highest BCUT2D eigenvalue weighted by Gasteiger charge is 2.02. The number of benzene rings is 1. The molecule has 0 atom stereocenters. The van der Waals surface area contributed by atoms with Crippen LogP contribution in [0.25, 0.3) is 0 Å². The van der Waals surface area contributed by atoms with Gasteiger partial charge in [0.05, 0.1) is 20.3 Å². The minimum Gasteiger partial charge on any atom is -0.496 e. The van der Waals surface area contributed by atoms with E-state index in [2.05, 4.69) is 10.6 Å². The van der Waals surface area contributed by atoms with Gasteiger partial charge in [-0.25, -0.2) is 0 Å². The average Bonchev–Trinajstić information content (AvgIpc) is 2.37. The van der Waals surface area contributed by atoms with E-state index < -0.39 is 0 Å². The van der Waals surface area contributed by atoms with Gasteiger partial charge in [-0.1, -0.05) is 0 Å². The molecule has 0 spiro atoms. The predicted octanol–water partition coefficient (Wildman–Crippen LogP) is 1.18. The Balaban J connectivity index is 2.39. The van der Waals surface area contributed by atoms with Crippen molar-refractivity contribution in [1.29, 1.82) is 0 Å². The molecule has 0 fully saturated rings. The number of carbonyl (C=O) groups is 1. The third-order valence-electron chi connectivity index (χ3n) is 2.48. The lowest BCUT2D eigenvalue weighted by Gasteiger charge is -2.10. The monoisotopic (exact) mass is 252 g/mol. The minimum atomic E-state index is -0.0551. The van der Waals surface area contributed by atoms with Crippen LogP contribution in [0.3, 0.4) is 0 Å². The van der Waals surface area contributed by atoms with Crippen LogP contribution in [-0.4, -0.2) is 39.8 Å². The number of carbonyl (C=O) groups excluding carboxylic acids is 1. The first kappa shape index (κ1) is 14.3. The predicted molar refractivity (Wildman–Crippen MR) is 71.1 cm³/mol. The average molecular weight is 252 g/mol. The molecule has 1 amide bonds. The molecule has 0 aliphatic heterocycles. The zero-order valence-corrected chi connectivity index (χ0v) is 11.1. The number of aryl methyl sites for hydroxylation is 1. The molecule has 100 valence electrons. The zero-order valence-electron chi connectivity index (χ0n) is 11.1. The lowest BCUT2D eigenvalue weighted by Crippen LogP contribution is -2.32. The quantitative estimate of drug-likeness (QED) is 0.715. The molecule has 18 heavy (non-hydrogen) atoms. The number of hydrogen-bond donors (Lipinski definition) is 2. The van der Waals surface area contributed by atoms with Crippen molar-refractivity contribution in [2.75, 3.05) is 39.2 Å². The standard InChI is InChI=1S/C13H20N2O3/c1-10-8-11(4-5-12(10)18-3)15-9-13(16)14-6-7-17-2/h4-5,8,15H,6-7,9H2,1-3H3,(H,14,16). The Morgan fingerprint density at radius 1 is 1.33 bits per heavy atom. The van der Waals surface area contributed by atoms with Crippen LogP contribution in [-0.2, 0) is 9.53 Å². The van der Waals surface area contributed by atoms with Gasteiger partial charge >= 0.3 is 0 Å². The van der Waals surface area contributed by atoms with Crippen molar-refractivity contribution in [3.05, 3.63) is 23.8 Å². The van der Waals surface area contributed by atoms with Crippen LogP contribution in [0.1, 0.15) is 5.56 Å². The van der Waals surface area contributed by atoms with Gasteiger partial charge in [0.2, 0.25) is 5.91 Å². The molecule has 2 N–H and O–H groups in total. The first-order valence-electron chi connectivity index (χ1n) is 5.81. The van der Waals surface area contributed by atoms with E-state index in [-0.39, 0.29) is 12.5 Å². The summed E-state index contributed by atoms with van der Waals surface area (Å²) in [6.07, 6.45) is 0. The molecule has 0 aliphatic carbocycles. The van der Waals surface area contributed by atoms with Crippen molar-refractivity contribution in [3.63, 3.8) is 0 Å². The van der Waals surface area contributed by atoms with E-state index in [1.54, 1.807) is 14.2 Å². The van der Waals surface area contributed by atoms with Gasteiger partial charge in [0.1, 0.15) is 5.75 Å². The Morgan fingerprint density at radius 2 is 2.11 bits per heavy atom. The second-order valence-electron chi connectivity index (χ2n) is 3.88. The molecule has 0 saturated heterocycles. The van der Waals surface area contributed by atoms with E-state index >= 15 is 0 Å². The van der Waals surface area contributed by atoms with Crippen molar-refractivity contribution in [1.82, 2.24) is 5.32 Å². The summed E-state index contributed by atoms with van der Waals surface area (Å²) < 4.78 is 10.0. The van der Waals surface area contributed by atoms with Crippen molar-refractivity contribution >= 4 is 11.6 Å². The maximum atomic E-state index is 11.4. The normalized spacial score (nSPS) is 9.94. The fraction of sp³-hybridized carbons (Fsp3) is 0.462. The zero-order chi connectivity index (χ0) is 13.4. The second-order valence-corrected chi connectivity index (χ2v) is 3.88. The number of rotatable bonds is 7. The van der Waals surface area contributed by atoms with Gasteiger partial charge in [-0.2, -0.15) is 0 Å². The van der Waals surface area contributed by atoms with E-state index in [4.69, 9.17) is 9.47 Å². The third kappa shape index (κ3) is 4.63. The van der Waals surface area contributed by atoms with Crippen LogP contribution in [0.15, 0.2) is 18.2 Å². The number of hydrogen-bond acceptors (Lipinski definition) is 4. The fourth-order valence-corrected chi connectivity index (χ4v) is 1.53. The molecule has 0 aromatic heterocycles. The van der Waals surface area contributed by atoms with Crippen LogP contribution >= 0.6 is 0 Å². The van der Waals surface area contributed by atoms with Gasteiger partial charge in [-0.3, -0.25) is 4.79 Å². The number of methoxy groups -OCH3 is 2. The van der Waals surface area contributed by atoms with Crippen LogP contribution in [0.2, 0.25) is 0 Å². The van der Waals surface area contributed by atoms with Gasteiger partial charge in [-0.15, -0.1) is 0 Å². The van der Waals surface area contributed by atoms with Crippen LogP contribution in [0.4, 0.5) is 5.69 Å². The largest absolute Gasteiger partial charge is 0.496 e. The van der Waals surface area contributed by atoms with E-state index in [1.807, 2.05) is 25.1 Å². The fourth-order valence-electron chi connectivity index (χ4n) is 1.53. The molecular formula is C13H20N2O3. The lowest BCUT2D eigenvalue weighted by molar-refractivity contribution is -0.119. The highest BCUT2D eigenvalue weighted by molar-refractivity contribution is 5.80. The summed E-state index contributed by atoms with van der Waals surface area (Å²) in [7, 11) is 3.24. The maximum Gasteiger partial charge on any atom is 0.239 e. The van der Waals surface area contributed by atoms with Crippen molar-refractivity contribution in [2.24, 2.45) is 0 Å². The molecule has 0 saturated carbocycles. The Hall–Kier alpha value is -1.75. The Morgan fingerprint density at radius 3 is 2.72 bits per heavy atom. The van der Waals surface area contributed by atoms with Gasteiger partial charge in [0.25, 0.3) is 0 Å². The molecule has 0 aliphatic rings. The van der Waals surface area contributed by atoms with Crippen molar-refractivity contribution in [3.8, 4) is 5.75 Å². The number of nitrogens with one attached hydrogen (secondary N) is 2. The SMILES string of the molecule is COCCNC(=O)CNc1ccc(OC)c(C)c1. The summed E-state index contributed by atoms with van der Waals surface area (Å²) >= 11 is 0. The third-order valence-corrected chi connectivity index (χ3v) is 2.48. The summed E-state index contributed by atoms with van der Waals surface area (Å²) in [5.41, 5.74) is 1.93. The summed E-state index contributed by atoms with van der Waals surface area (Å²) in [4.78, 5) is 11.4. The highest BCUT2D eigenvalue weighted by Crippen LogP contribution is 2.20. The van der Waals surface area contributed by atoms with Crippen LogP contribution in [0.5, 0.6) is 5.75 Å². The van der Waals surface area contributed by atoms with Gasteiger partial charge in [0.15, 0.2) is 0 Å². The Labute approximate surface area is 107 Å². The topological polar surface area (TPSA) is 59.6 Å². The molecule has 5 heteroatoms. The smallest absolute Gasteiger partial charge is 0.239 e. The summed E-state index contributed by atoms with van der Waals surface area (Å²) in [5, 5.41) is 5.79. The minimum absolute atomic E-state index is 0.0551. The van der Waals surface area contributed by atoms with E-state index in [0.717, 1.165) is 17.0 Å². The number of amides is 1. The Bertz CT molecular complexity index is 394. The summed E-state index contributed by atoms with van der Waals surface area (Å²) in [5.74, 6) is 0.783. The number of ether oxygens (including phenoxy) is 2. The molecule has 1 aromatic carbocycles.